The molecule has 0 atom stereocenters. The predicted octanol–water partition coefficient (Wildman–Crippen LogP) is 0.769. The van der Waals surface area contributed by atoms with E-state index in [-0.39, 0.29) is 18.6 Å². The minimum Gasteiger partial charge on any atom is -0.363 e. The molecule has 5 nitrogen and oxygen atoms in total. The van der Waals surface area contributed by atoms with E-state index >= 15 is 0 Å². The fraction of sp³-hybridized carbons (Fsp3) is 0.333. The Hall–Kier alpha value is -1.72. The van der Waals surface area contributed by atoms with Gasteiger partial charge in [0.1, 0.15) is 6.29 Å². The quantitative estimate of drug-likeness (QED) is 0.331. The van der Waals surface area contributed by atoms with Crippen LogP contribution < -0.4 is 5.01 Å². The summed E-state index contributed by atoms with van der Waals surface area (Å²) in [4.78, 5) is 10.3. The monoisotopic (exact) mass is 236 g/mol. The minimum absolute atomic E-state index is 0.170. The maximum absolute atomic E-state index is 10.3. The van der Waals surface area contributed by atoms with Crippen LogP contribution >= 0.6 is 0 Å². The Morgan fingerprint density at radius 1 is 1.41 bits per heavy atom. The van der Waals surface area contributed by atoms with Gasteiger partial charge in [-0.1, -0.05) is 18.2 Å². The highest BCUT2D eigenvalue weighted by atomic mass is 16.5. The number of carbonyl (C=O) groups is 1. The maximum atomic E-state index is 10.3. The standard InChI is InChI=1S/C12H16N2O3/c1-14(10-6-3-2-4-7-10)13-11(12(16)17)8-5-9-15/h2-4,6-7,9,12,16-17H,5,8H2,1H3/b13-11+. The molecule has 0 aromatic heterocycles. The van der Waals surface area contributed by atoms with E-state index in [2.05, 4.69) is 5.10 Å². The number of nitrogens with zero attached hydrogens (tertiary/aromatic N) is 2. The van der Waals surface area contributed by atoms with Crippen molar-refractivity contribution in [3.8, 4) is 0 Å². The first-order valence-corrected chi connectivity index (χ1v) is 5.31. The van der Waals surface area contributed by atoms with Crippen LogP contribution in [0, 0.1) is 0 Å². The number of hydrogen-bond donors (Lipinski definition) is 2. The zero-order valence-corrected chi connectivity index (χ0v) is 9.65. The Labute approximate surface area is 100.0 Å². The van der Waals surface area contributed by atoms with Gasteiger partial charge in [-0.3, -0.25) is 5.01 Å². The van der Waals surface area contributed by atoms with Crippen molar-refractivity contribution >= 4 is 17.7 Å². The first-order valence-electron chi connectivity index (χ1n) is 5.31. The summed E-state index contributed by atoms with van der Waals surface area (Å²) in [6.07, 6.45) is -0.459. The average Bonchev–Trinajstić information content (AvgIpc) is 2.35. The molecule has 0 fully saturated rings. The molecule has 0 saturated carbocycles. The first kappa shape index (κ1) is 13.3. The number of aldehydes is 1. The van der Waals surface area contributed by atoms with Crippen molar-refractivity contribution in [2.45, 2.75) is 19.1 Å². The molecule has 1 rings (SSSR count). The molecule has 0 unspecified atom stereocenters. The lowest BCUT2D eigenvalue weighted by molar-refractivity contribution is -0.107. The highest BCUT2D eigenvalue weighted by Gasteiger charge is 2.10. The Bertz CT molecular complexity index is 377. The Morgan fingerprint density at radius 2 is 2.06 bits per heavy atom. The van der Waals surface area contributed by atoms with Crippen molar-refractivity contribution in [3.05, 3.63) is 30.3 Å². The molecule has 0 saturated heterocycles. The van der Waals surface area contributed by atoms with Gasteiger partial charge >= 0.3 is 0 Å². The molecule has 0 aliphatic carbocycles. The number of aliphatic hydroxyl groups is 2. The van der Waals surface area contributed by atoms with Gasteiger partial charge in [-0.05, 0) is 18.6 Å². The summed E-state index contributed by atoms with van der Waals surface area (Å²) in [5.41, 5.74) is 1.00. The summed E-state index contributed by atoms with van der Waals surface area (Å²) in [6, 6.07) is 9.31. The molecule has 0 aliphatic rings. The molecule has 1 aromatic rings. The fourth-order valence-corrected chi connectivity index (χ4v) is 1.33. The van der Waals surface area contributed by atoms with E-state index in [1.807, 2.05) is 30.3 Å². The number of hydrazone groups is 1. The second kappa shape index (κ2) is 6.78. The number of para-hydroxylation sites is 1. The number of aliphatic hydroxyl groups excluding tert-OH is 1. The second-order valence-electron chi connectivity index (χ2n) is 3.53. The van der Waals surface area contributed by atoms with Crippen LogP contribution in [0.5, 0.6) is 0 Å². The third-order valence-corrected chi connectivity index (χ3v) is 2.22. The SMILES string of the molecule is CN(/N=C(\CCC=O)C(O)O)c1ccccc1. The molecule has 0 radical (unpaired) electrons. The van der Waals surface area contributed by atoms with Crippen molar-refractivity contribution < 1.29 is 15.0 Å². The minimum atomic E-state index is -1.64. The van der Waals surface area contributed by atoms with E-state index < -0.39 is 6.29 Å². The van der Waals surface area contributed by atoms with Gasteiger partial charge in [-0.15, -0.1) is 0 Å². The number of anilines is 1. The maximum Gasteiger partial charge on any atom is 0.193 e. The van der Waals surface area contributed by atoms with E-state index in [1.165, 1.54) is 0 Å². The summed E-state index contributed by atoms with van der Waals surface area (Å²) in [6.45, 7) is 0. The topological polar surface area (TPSA) is 73.1 Å². The molecule has 0 spiro atoms. The molecule has 2 N–H and O–H groups in total. The lowest BCUT2D eigenvalue weighted by atomic mass is 10.2. The van der Waals surface area contributed by atoms with Crippen LogP contribution in [0.25, 0.3) is 0 Å². The van der Waals surface area contributed by atoms with Crippen molar-refractivity contribution in [2.75, 3.05) is 12.1 Å². The summed E-state index contributed by atoms with van der Waals surface area (Å²) < 4.78 is 0. The molecular formula is C12H16N2O3. The Kier molecular flexibility index (Phi) is 5.32. The van der Waals surface area contributed by atoms with Crippen molar-refractivity contribution in [2.24, 2.45) is 5.10 Å². The third-order valence-electron chi connectivity index (χ3n) is 2.22. The fourth-order valence-electron chi connectivity index (χ4n) is 1.33. The third kappa shape index (κ3) is 4.34. The molecule has 0 bridgehead atoms. The smallest absolute Gasteiger partial charge is 0.193 e. The van der Waals surface area contributed by atoms with Crippen LogP contribution in [-0.2, 0) is 4.79 Å². The average molecular weight is 236 g/mol. The summed E-state index contributed by atoms with van der Waals surface area (Å²) in [5.74, 6) is 0. The zero-order valence-electron chi connectivity index (χ0n) is 9.65. The zero-order chi connectivity index (χ0) is 12.7. The van der Waals surface area contributed by atoms with E-state index in [0.29, 0.717) is 0 Å². The van der Waals surface area contributed by atoms with Gasteiger partial charge in [0.2, 0.25) is 0 Å². The molecule has 0 amide bonds. The van der Waals surface area contributed by atoms with Gasteiger partial charge in [0.15, 0.2) is 6.29 Å². The normalized spacial score (nSPS) is 11.6. The number of benzene rings is 1. The number of hydrogen-bond acceptors (Lipinski definition) is 5. The van der Waals surface area contributed by atoms with Crippen LogP contribution in [0.3, 0.4) is 0 Å². The van der Waals surface area contributed by atoms with Gasteiger partial charge in [0.25, 0.3) is 0 Å². The molecule has 92 valence electrons. The van der Waals surface area contributed by atoms with Crippen LogP contribution in [0.4, 0.5) is 5.69 Å². The largest absolute Gasteiger partial charge is 0.363 e. The van der Waals surface area contributed by atoms with Crippen LogP contribution in [0.2, 0.25) is 0 Å². The highest BCUT2D eigenvalue weighted by molar-refractivity contribution is 5.89. The van der Waals surface area contributed by atoms with Gasteiger partial charge in [0, 0.05) is 13.5 Å². The van der Waals surface area contributed by atoms with E-state index in [4.69, 9.17) is 10.2 Å². The van der Waals surface area contributed by atoms with Crippen LogP contribution in [0.1, 0.15) is 12.8 Å². The molecule has 17 heavy (non-hydrogen) atoms. The molecular weight excluding hydrogens is 220 g/mol. The van der Waals surface area contributed by atoms with Crippen LogP contribution in [0.15, 0.2) is 35.4 Å². The van der Waals surface area contributed by atoms with Gasteiger partial charge in [0.05, 0.1) is 11.4 Å². The van der Waals surface area contributed by atoms with Crippen molar-refractivity contribution in [1.29, 1.82) is 0 Å². The number of carbonyl (C=O) groups excluding carboxylic acids is 1. The molecule has 5 heteroatoms. The van der Waals surface area contributed by atoms with E-state index in [0.717, 1.165) is 12.0 Å². The summed E-state index contributed by atoms with van der Waals surface area (Å²) >= 11 is 0. The van der Waals surface area contributed by atoms with E-state index in [9.17, 15) is 4.79 Å². The van der Waals surface area contributed by atoms with Gasteiger partial charge in [-0.2, -0.15) is 5.10 Å². The Balaban J connectivity index is 2.79. The van der Waals surface area contributed by atoms with Gasteiger partial charge < -0.3 is 15.0 Å². The first-order chi connectivity index (χ1) is 8.15. The van der Waals surface area contributed by atoms with Crippen molar-refractivity contribution in [1.82, 2.24) is 0 Å². The summed E-state index contributed by atoms with van der Waals surface area (Å²) in [5, 5.41) is 23.8. The lowest BCUT2D eigenvalue weighted by Crippen LogP contribution is -2.24. The van der Waals surface area contributed by atoms with Gasteiger partial charge in [-0.25, -0.2) is 0 Å². The molecule has 0 aliphatic heterocycles. The second-order valence-corrected chi connectivity index (χ2v) is 3.53. The van der Waals surface area contributed by atoms with E-state index in [1.54, 1.807) is 12.1 Å². The van der Waals surface area contributed by atoms with Crippen LogP contribution in [-0.4, -0.2) is 35.5 Å². The summed E-state index contributed by atoms with van der Waals surface area (Å²) in [7, 11) is 1.71. The predicted molar refractivity (Wildman–Crippen MR) is 65.8 cm³/mol. The van der Waals surface area contributed by atoms with Crippen molar-refractivity contribution in [3.63, 3.8) is 0 Å². The number of rotatable bonds is 6. The molecule has 0 heterocycles. The lowest BCUT2D eigenvalue weighted by Gasteiger charge is -2.16. The molecule has 1 aromatic carbocycles. The Morgan fingerprint density at radius 3 is 2.59 bits per heavy atom. The highest BCUT2D eigenvalue weighted by Crippen LogP contribution is 2.12.